The summed E-state index contributed by atoms with van der Waals surface area (Å²) < 4.78 is 5.06. The molecule has 0 saturated carbocycles. The first-order chi connectivity index (χ1) is 8.71. The molecule has 0 aliphatic heterocycles. The molecular formula is C12H23N3O4. The summed E-state index contributed by atoms with van der Waals surface area (Å²) in [5.74, 6) is -0.481. The van der Waals surface area contributed by atoms with Crippen LogP contribution in [0.1, 0.15) is 41.5 Å². The van der Waals surface area contributed by atoms with Crippen LogP contribution in [0.5, 0.6) is 0 Å². The van der Waals surface area contributed by atoms with E-state index in [2.05, 4.69) is 10.4 Å². The molecule has 1 atom stereocenters. The minimum Gasteiger partial charge on any atom is -0.444 e. The number of nitrogens with one attached hydrogen (secondary N) is 1. The van der Waals surface area contributed by atoms with Crippen LogP contribution in [0, 0.1) is 0 Å². The first kappa shape index (κ1) is 17.4. The molecule has 7 heteroatoms. The van der Waals surface area contributed by atoms with Crippen molar-refractivity contribution in [3.8, 4) is 0 Å². The molecule has 0 rings (SSSR count). The van der Waals surface area contributed by atoms with Crippen LogP contribution >= 0.6 is 0 Å². The smallest absolute Gasteiger partial charge is 0.408 e. The largest absolute Gasteiger partial charge is 0.444 e. The van der Waals surface area contributed by atoms with Gasteiger partial charge < -0.3 is 10.1 Å². The van der Waals surface area contributed by atoms with Gasteiger partial charge in [-0.3, -0.25) is 4.79 Å². The number of carbonyl (C=O) groups is 2. The maximum absolute atomic E-state index is 11.9. The van der Waals surface area contributed by atoms with E-state index >= 15 is 0 Å². The Morgan fingerprint density at radius 1 is 1.42 bits per heavy atom. The Balaban J connectivity index is 4.51. The highest BCUT2D eigenvalue weighted by atomic mass is 16.7. The fraction of sp³-hybridized carbons (Fsp3) is 0.750. The molecule has 0 aromatic heterocycles. The van der Waals surface area contributed by atoms with Crippen LogP contribution in [0.3, 0.4) is 0 Å². The Hall–Kier alpha value is -1.63. The van der Waals surface area contributed by atoms with Crippen LogP contribution in [0.15, 0.2) is 5.10 Å². The molecule has 0 saturated heterocycles. The van der Waals surface area contributed by atoms with Gasteiger partial charge in [-0.25, -0.2) is 9.63 Å². The molecule has 0 heterocycles. The molecule has 0 bridgehead atoms. The van der Waals surface area contributed by atoms with Gasteiger partial charge in [0.05, 0.1) is 6.61 Å². The van der Waals surface area contributed by atoms with Crippen LogP contribution in [0.25, 0.3) is 0 Å². The molecular weight excluding hydrogens is 250 g/mol. The Labute approximate surface area is 113 Å². The molecule has 0 radical (unpaired) electrons. The van der Waals surface area contributed by atoms with Gasteiger partial charge in [0, 0.05) is 6.21 Å². The number of rotatable bonds is 5. The molecule has 2 amide bonds. The van der Waals surface area contributed by atoms with Crippen LogP contribution < -0.4 is 5.32 Å². The lowest BCUT2D eigenvalue weighted by Crippen LogP contribution is -2.46. The lowest BCUT2D eigenvalue weighted by Gasteiger charge is -2.23. The van der Waals surface area contributed by atoms with Crippen molar-refractivity contribution in [2.24, 2.45) is 5.10 Å². The highest BCUT2D eigenvalue weighted by molar-refractivity contribution is 5.84. The number of hydrogen-bond acceptors (Lipinski definition) is 5. The zero-order valence-corrected chi connectivity index (χ0v) is 12.4. The molecule has 0 aromatic carbocycles. The fourth-order valence-corrected chi connectivity index (χ4v) is 1.09. The summed E-state index contributed by atoms with van der Waals surface area (Å²) in [5, 5.41) is 7.04. The second-order valence-corrected chi connectivity index (χ2v) is 4.77. The number of carbonyl (C=O) groups excluding carboxylic acids is 2. The third kappa shape index (κ3) is 7.40. The molecule has 0 unspecified atom stereocenters. The lowest BCUT2D eigenvalue weighted by molar-refractivity contribution is -0.186. The molecule has 0 aliphatic carbocycles. The van der Waals surface area contributed by atoms with E-state index in [0.29, 0.717) is 6.61 Å². The molecule has 0 fully saturated rings. The SMILES string of the molecule is C/C=N/N(OCC)C(=O)[C@@H](C)NC(=O)OC(C)(C)C. The molecule has 110 valence electrons. The summed E-state index contributed by atoms with van der Waals surface area (Å²) in [7, 11) is 0. The molecule has 19 heavy (non-hydrogen) atoms. The molecule has 7 nitrogen and oxygen atoms in total. The van der Waals surface area contributed by atoms with E-state index in [9.17, 15) is 9.59 Å². The van der Waals surface area contributed by atoms with Crippen LogP contribution in [0.4, 0.5) is 4.79 Å². The van der Waals surface area contributed by atoms with Gasteiger partial charge in [0.2, 0.25) is 0 Å². The van der Waals surface area contributed by atoms with Gasteiger partial charge in [-0.2, -0.15) is 5.10 Å². The summed E-state index contributed by atoms with van der Waals surface area (Å²) >= 11 is 0. The van der Waals surface area contributed by atoms with Crippen molar-refractivity contribution in [2.45, 2.75) is 53.2 Å². The van der Waals surface area contributed by atoms with Crippen molar-refractivity contribution in [2.75, 3.05) is 6.61 Å². The summed E-state index contributed by atoms with van der Waals surface area (Å²) in [6.07, 6.45) is 0.763. The number of amides is 2. The van der Waals surface area contributed by atoms with Crippen LogP contribution in [-0.4, -0.2) is 41.6 Å². The Morgan fingerprint density at radius 2 is 2.00 bits per heavy atom. The second-order valence-electron chi connectivity index (χ2n) is 4.77. The minimum atomic E-state index is -0.801. The number of ether oxygens (including phenoxy) is 1. The van der Waals surface area contributed by atoms with Gasteiger partial charge in [-0.05, 0) is 41.5 Å². The van der Waals surface area contributed by atoms with E-state index in [1.54, 1.807) is 34.6 Å². The third-order valence-electron chi connectivity index (χ3n) is 1.76. The van der Waals surface area contributed by atoms with E-state index in [1.165, 1.54) is 13.1 Å². The number of hydrazone groups is 1. The molecule has 1 N–H and O–H groups in total. The predicted molar refractivity (Wildman–Crippen MR) is 71.5 cm³/mol. The third-order valence-corrected chi connectivity index (χ3v) is 1.76. The average Bonchev–Trinajstić information content (AvgIpc) is 2.25. The van der Waals surface area contributed by atoms with Crippen molar-refractivity contribution in [3.63, 3.8) is 0 Å². The highest BCUT2D eigenvalue weighted by Crippen LogP contribution is 2.07. The van der Waals surface area contributed by atoms with Crippen molar-refractivity contribution < 1.29 is 19.2 Å². The second kappa shape index (κ2) is 7.73. The van der Waals surface area contributed by atoms with E-state index in [4.69, 9.17) is 9.57 Å². The predicted octanol–water partition coefficient (Wildman–Crippen LogP) is 1.69. The van der Waals surface area contributed by atoms with Crippen molar-refractivity contribution >= 4 is 18.2 Å². The normalized spacial score (nSPS) is 13.2. The van der Waals surface area contributed by atoms with Crippen molar-refractivity contribution in [1.82, 2.24) is 10.5 Å². The van der Waals surface area contributed by atoms with Crippen LogP contribution in [0.2, 0.25) is 0 Å². The number of nitrogens with zero attached hydrogens (tertiary/aromatic N) is 2. The van der Waals surface area contributed by atoms with Crippen molar-refractivity contribution in [1.29, 1.82) is 0 Å². The van der Waals surface area contributed by atoms with Gasteiger partial charge in [0.25, 0.3) is 5.91 Å². The monoisotopic (exact) mass is 273 g/mol. The van der Waals surface area contributed by atoms with Gasteiger partial charge >= 0.3 is 6.09 Å². The molecule has 0 spiro atoms. The quantitative estimate of drug-likeness (QED) is 0.610. The summed E-state index contributed by atoms with van der Waals surface area (Å²) in [4.78, 5) is 28.5. The standard InChI is InChI=1S/C12H23N3O4/c1-7-13-15(18-8-2)10(16)9(3)14-11(17)19-12(4,5)6/h7,9H,8H2,1-6H3,(H,14,17)/b13-7+/t9-/m1/s1. The average molecular weight is 273 g/mol. The van der Waals surface area contributed by atoms with Crippen molar-refractivity contribution in [3.05, 3.63) is 0 Å². The molecule has 0 aromatic rings. The van der Waals surface area contributed by atoms with Gasteiger partial charge in [-0.15, -0.1) is 5.17 Å². The minimum absolute atomic E-state index is 0.294. The fourth-order valence-electron chi connectivity index (χ4n) is 1.09. The summed E-state index contributed by atoms with van der Waals surface area (Å²) in [6, 6.07) is -0.801. The number of alkyl carbamates (subject to hydrolysis) is 1. The summed E-state index contributed by atoms with van der Waals surface area (Å²) in [5.41, 5.74) is -0.617. The van der Waals surface area contributed by atoms with Crippen LogP contribution in [-0.2, 0) is 14.4 Å². The maximum atomic E-state index is 11.9. The van der Waals surface area contributed by atoms with E-state index < -0.39 is 23.6 Å². The van der Waals surface area contributed by atoms with E-state index in [1.807, 2.05) is 0 Å². The number of hydrogen-bond donors (Lipinski definition) is 1. The zero-order valence-electron chi connectivity index (χ0n) is 12.4. The number of hydroxylamine groups is 1. The summed E-state index contributed by atoms with van der Waals surface area (Å²) in [6.45, 7) is 10.4. The van der Waals surface area contributed by atoms with Gasteiger partial charge in [0.1, 0.15) is 11.6 Å². The van der Waals surface area contributed by atoms with Gasteiger partial charge in [-0.1, -0.05) is 0 Å². The van der Waals surface area contributed by atoms with E-state index in [0.717, 1.165) is 5.17 Å². The topological polar surface area (TPSA) is 80.2 Å². The first-order valence-corrected chi connectivity index (χ1v) is 6.16. The zero-order chi connectivity index (χ0) is 15.1. The Bertz CT molecular complexity index is 336. The Kier molecular flexibility index (Phi) is 7.06. The first-order valence-electron chi connectivity index (χ1n) is 6.16. The van der Waals surface area contributed by atoms with E-state index in [-0.39, 0.29) is 0 Å². The lowest BCUT2D eigenvalue weighted by atomic mass is 10.2. The van der Waals surface area contributed by atoms with Gasteiger partial charge in [0.15, 0.2) is 0 Å². The molecule has 0 aliphatic rings. The highest BCUT2D eigenvalue weighted by Gasteiger charge is 2.25. The Morgan fingerprint density at radius 3 is 2.42 bits per heavy atom. The maximum Gasteiger partial charge on any atom is 0.408 e.